The number of pyridine rings is 1. The Kier molecular flexibility index (Phi) is 3.19. The van der Waals surface area contributed by atoms with Crippen LogP contribution in [0.2, 0.25) is 0 Å². The third-order valence-electron chi connectivity index (χ3n) is 4.32. The Hall–Kier alpha value is -2.94. The van der Waals surface area contributed by atoms with Crippen LogP contribution in [0.25, 0.3) is 28.1 Å². The van der Waals surface area contributed by atoms with Gasteiger partial charge in [-0.1, -0.05) is 30.3 Å². The predicted molar refractivity (Wildman–Crippen MR) is 92.4 cm³/mol. The number of benzene rings is 2. The van der Waals surface area contributed by atoms with Crippen LogP contribution in [-0.2, 0) is 7.05 Å². The first-order chi connectivity index (χ1) is 11.3. The maximum atomic E-state index is 4.16. The highest BCUT2D eigenvalue weighted by atomic mass is 15.2. The molecule has 0 fully saturated rings. The molecule has 3 heteroatoms. The molecule has 2 aromatic heterocycles. The van der Waals surface area contributed by atoms with E-state index in [4.69, 9.17) is 0 Å². The largest absolute Gasteiger partial charge is 0.295 e. The van der Waals surface area contributed by atoms with Gasteiger partial charge in [-0.25, -0.2) is 4.57 Å². The van der Waals surface area contributed by atoms with Gasteiger partial charge in [-0.05, 0) is 30.7 Å². The molecule has 23 heavy (non-hydrogen) atoms. The van der Waals surface area contributed by atoms with Crippen LogP contribution < -0.4 is 4.57 Å². The molecule has 0 amide bonds. The molecule has 0 aliphatic rings. The molecule has 0 unspecified atom stereocenters. The SMILES string of the molecule is Cc1ccccc1-c1n(-c2ccncc2)c2ccccc2[n+]1C. The molecule has 4 rings (SSSR count). The quantitative estimate of drug-likeness (QED) is 0.516. The molecule has 0 aliphatic heterocycles. The van der Waals surface area contributed by atoms with Crippen molar-refractivity contribution in [2.24, 2.45) is 7.05 Å². The maximum absolute atomic E-state index is 4.16. The van der Waals surface area contributed by atoms with E-state index < -0.39 is 0 Å². The molecule has 112 valence electrons. The molecule has 0 saturated carbocycles. The minimum Gasteiger partial charge on any atom is -0.264 e. The molecule has 0 saturated heterocycles. The van der Waals surface area contributed by atoms with Crippen molar-refractivity contribution in [1.82, 2.24) is 9.55 Å². The van der Waals surface area contributed by atoms with Gasteiger partial charge in [-0.3, -0.25) is 4.98 Å². The second-order valence-corrected chi connectivity index (χ2v) is 5.73. The van der Waals surface area contributed by atoms with E-state index in [9.17, 15) is 0 Å². The Morgan fingerprint density at radius 2 is 1.57 bits per heavy atom. The highest BCUT2D eigenvalue weighted by Gasteiger charge is 2.26. The van der Waals surface area contributed by atoms with Crippen LogP contribution in [0.1, 0.15) is 5.56 Å². The number of aryl methyl sites for hydroxylation is 2. The molecule has 0 spiro atoms. The van der Waals surface area contributed by atoms with Crippen LogP contribution in [-0.4, -0.2) is 9.55 Å². The second-order valence-electron chi connectivity index (χ2n) is 5.73. The van der Waals surface area contributed by atoms with E-state index in [1.165, 1.54) is 28.0 Å². The van der Waals surface area contributed by atoms with Crippen LogP contribution in [0, 0.1) is 6.92 Å². The smallest absolute Gasteiger partial charge is 0.264 e. The van der Waals surface area contributed by atoms with Crippen molar-refractivity contribution >= 4 is 11.0 Å². The molecule has 3 nitrogen and oxygen atoms in total. The summed E-state index contributed by atoms with van der Waals surface area (Å²) in [6.07, 6.45) is 3.68. The van der Waals surface area contributed by atoms with E-state index in [1.807, 2.05) is 24.5 Å². The molecule has 2 aromatic carbocycles. The summed E-state index contributed by atoms with van der Waals surface area (Å²) < 4.78 is 4.57. The number of aromatic nitrogens is 3. The number of fused-ring (bicyclic) bond motifs is 1. The highest BCUT2D eigenvalue weighted by molar-refractivity contribution is 5.79. The molecule has 0 bridgehead atoms. The fourth-order valence-electron chi connectivity index (χ4n) is 3.19. The third-order valence-corrected chi connectivity index (χ3v) is 4.32. The van der Waals surface area contributed by atoms with Crippen molar-refractivity contribution in [2.75, 3.05) is 0 Å². The van der Waals surface area contributed by atoms with Gasteiger partial charge in [0.2, 0.25) is 0 Å². The molecule has 0 N–H and O–H groups in total. The summed E-state index contributed by atoms with van der Waals surface area (Å²) in [5.74, 6) is 1.18. The average Bonchev–Trinajstić information content (AvgIpc) is 2.89. The Morgan fingerprint density at radius 3 is 2.35 bits per heavy atom. The number of rotatable bonds is 2. The van der Waals surface area contributed by atoms with Gasteiger partial charge >= 0.3 is 0 Å². The van der Waals surface area contributed by atoms with Crippen molar-refractivity contribution in [1.29, 1.82) is 0 Å². The number of hydrogen-bond donors (Lipinski definition) is 0. The van der Waals surface area contributed by atoms with Gasteiger partial charge in [0.05, 0.1) is 12.6 Å². The Bertz CT molecular complexity index is 984. The van der Waals surface area contributed by atoms with Crippen molar-refractivity contribution in [3.05, 3.63) is 78.6 Å². The summed E-state index contributed by atoms with van der Waals surface area (Å²) in [5.41, 5.74) is 6.03. The molecular weight excluding hydrogens is 282 g/mol. The lowest BCUT2D eigenvalue weighted by Gasteiger charge is -2.05. The zero-order chi connectivity index (χ0) is 15.8. The lowest BCUT2D eigenvalue weighted by molar-refractivity contribution is -0.633. The van der Waals surface area contributed by atoms with Crippen LogP contribution in [0.5, 0.6) is 0 Å². The fraction of sp³-hybridized carbons (Fsp3) is 0.100. The van der Waals surface area contributed by atoms with Gasteiger partial charge in [0.15, 0.2) is 11.0 Å². The summed E-state index contributed by atoms with van der Waals surface area (Å²) in [5, 5.41) is 0. The van der Waals surface area contributed by atoms with E-state index in [0.717, 1.165) is 5.69 Å². The highest BCUT2D eigenvalue weighted by Crippen LogP contribution is 2.28. The Labute approximate surface area is 135 Å². The van der Waals surface area contributed by atoms with Crippen molar-refractivity contribution in [2.45, 2.75) is 6.92 Å². The summed E-state index contributed by atoms with van der Waals surface area (Å²) in [6.45, 7) is 2.16. The molecule has 0 radical (unpaired) electrons. The van der Waals surface area contributed by atoms with Gasteiger partial charge in [-0.2, -0.15) is 4.57 Å². The van der Waals surface area contributed by atoms with Crippen molar-refractivity contribution in [3.8, 4) is 17.1 Å². The zero-order valence-electron chi connectivity index (χ0n) is 13.3. The Balaban J connectivity index is 2.16. The fourth-order valence-corrected chi connectivity index (χ4v) is 3.19. The number of imidazole rings is 1. The summed E-state index contributed by atoms with van der Waals surface area (Å²) in [7, 11) is 2.13. The van der Waals surface area contributed by atoms with E-state index in [2.05, 4.69) is 76.6 Å². The normalized spacial score (nSPS) is 11.0. The van der Waals surface area contributed by atoms with Crippen LogP contribution in [0.4, 0.5) is 0 Å². The van der Waals surface area contributed by atoms with Crippen molar-refractivity contribution < 1.29 is 4.57 Å². The first kappa shape index (κ1) is 13.7. The number of para-hydroxylation sites is 2. The van der Waals surface area contributed by atoms with Crippen LogP contribution in [0.3, 0.4) is 0 Å². The maximum Gasteiger partial charge on any atom is 0.295 e. The average molecular weight is 300 g/mol. The lowest BCUT2D eigenvalue weighted by atomic mass is 10.1. The summed E-state index contributed by atoms with van der Waals surface area (Å²) in [4.78, 5) is 4.16. The standard InChI is InChI=1S/C20H18N3/c1-15-7-3-4-8-17(15)20-22(2)18-9-5-6-10-19(18)23(20)16-11-13-21-14-12-16/h3-14H,1-2H3/q+1. The van der Waals surface area contributed by atoms with Crippen LogP contribution >= 0.6 is 0 Å². The predicted octanol–water partition coefficient (Wildman–Crippen LogP) is 3.83. The third kappa shape index (κ3) is 2.13. The monoisotopic (exact) mass is 300 g/mol. The Morgan fingerprint density at radius 1 is 0.870 bits per heavy atom. The first-order valence-electron chi connectivity index (χ1n) is 7.73. The van der Waals surface area contributed by atoms with Gasteiger partial charge < -0.3 is 0 Å². The summed E-state index contributed by atoms with van der Waals surface area (Å²) >= 11 is 0. The molecule has 2 heterocycles. The van der Waals surface area contributed by atoms with Gasteiger partial charge in [0.1, 0.15) is 5.69 Å². The number of hydrogen-bond acceptors (Lipinski definition) is 1. The minimum atomic E-state index is 1.12. The van der Waals surface area contributed by atoms with E-state index in [1.54, 1.807) is 0 Å². The molecule has 0 atom stereocenters. The van der Waals surface area contributed by atoms with E-state index in [-0.39, 0.29) is 0 Å². The molecule has 4 aromatic rings. The minimum absolute atomic E-state index is 1.12. The van der Waals surface area contributed by atoms with Crippen molar-refractivity contribution in [3.63, 3.8) is 0 Å². The second kappa shape index (κ2) is 5.36. The first-order valence-corrected chi connectivity index (χ1v) is 7.73. The number of nitrogens with zero attached hydrogens (tertiary/aromatic N) is 3. The molecular formula is C20H18N3+. The van der Waals surface area contributed by atoms with Gasteiger partial charge in [0.25, 0.3) is 5.82 Å². The topological polar surface area (TPSA) is 21.7 Å². The van der Waals surface area contributed by atoms with E-state index in [0.29, 0.717) is 0 Å². The summed E-state index contributed by atoms with van der Waals surface area (Å²) in [6, 6.07) is 21.1. The van der Waals surface area contributed by atoms with Crippen LogP contribution in [0.15, 0.2) is 73.1 Å². The zero-order valence-corrected chi connectivity index (χ0v) is 13.3. The lowest BCUT2D eigenvalue weighted by Crippen LogP contribution is -2.30. The molecule has 0 aliphatic carbocycles. The van der Waals surface area contributed by atoms with Gasteiger partial charge in [0, 0.05) is 24.5 Å². The van der Waals surface area contributed by atoms with Gasteiger partial charge in [-0.15, -0.1) is 0 Å². The van der Waals surface area contributed by atoms with E-state index >= 15 is 0 Å².